The molecule has 2 rings (SSSR count). The Balaban J connectivity index is 2.97. The number of aliphatic hydroxyl groups excluding tert-OH is 1. The van der Waals surface area contributed by atoms with E-state index in [9.17, 15) is 48.3 Å². The fourth-order valence-corrected chi connectivity index (χ4v) is 7.47. The number of hydrogen-bond acceptors (Lipinski definition) is 15. The third kappa shape index (κ3) is 16.3. The largest absolute Gasteiger partial charge is 0.458 e. The number of benzene rings is 1. The van der Waals surface area contributed by atoms with E-state index in [1.54, 1.807) is 71.9 Å². The number of hydrogen-bond donors (Lipinski definition) is 5. The summed E-state index contributed by atoms with van der Waals surface area (Å²) in [5.41, 5.74) is 0.0576. The molecule has 1 aromatic carbocycles. The average molecular weight is 1000 g/mol. The number of amides is 7. The van der Waals surface area contributed by atoms with Gasteiger partial charge in [-0.25, -0.2) is 14.4 Å². The summed E-state index contributed by atoms with van der Waals surface area (Å²) in [6.45, 7) is 19.9. The first kappa shape index (κ1) is 60.7. The summed E-state index contributed by atoms with van der Waals surface area (Å²) < 4.78 is 23.4. The molecular formula is C49H75N7O15. The number of ether oxygens (including phenoxy) is 4. The molecule has 0 bridgehead atoms. The quantitative estimate of drug-likeness (QED) is 0.0957. The molecule has 2 unspecified atom stereocenters. The monoisotopic (exact) mass is 1000 g/mol. The van der Waals surface area contributed by atoms with Crippen LogP contribution in [0.3, 0.4) is 0 Å². The van der Waals surface area contributed by atoms with Crippen molar-refractivity contribution in [1.82, 2.24) is 36.0 Å². The Morgan fingerprint density at radius 1 is 0.831 bits per heavy atom. The summed E-state index contributed by atoms with van der Waals surface area (Å²) in [6.07, 6.45) is -7.75. The molecule has 0 aliphatic carbocycles. The lowest BCUT2D eigenvalue weighted by molar-refractivity contribution is -0.177. The van der Waals surface area contributed by atoms with Gasteiger partial charge >= 0.3 is 17.9 Å². The zero-order chi connectivity index (χ0) is 54.3. The molecule has 5 N–H and O–H groups in total. The lowest BCUT2D eigenvalue weighted by Crippen LogP contribution is -2.64. The summed E-state index contributed by atoms with van der Waals surface area (Å²) in [5.74, 6) is -11.8. The number of likely N-dealkylation sites (N-methyl/N-ethyl adjacent to an activating group) is 3. The van der Waals surface area contributed by atoms with Gasteiger partial charge < -0.3 is 60.0 Å². The number of carbonyl (C=O) groups is 10. The first-order valence-electron chi connectivity index (χ1n) is 23.6. The van der Waals surface area contributed by atoms with Crippen molar-refractivity contribution >= 4 is 59.3 Å². The van der Waals surface area contributed by atoms with Crippen LogP contribution in [-0.4, -0.2) is 174 Å². The molecule has 1 aromatic rings. The molecule has 1 fully saturated rings. The van der Waals surface area contributed by atoms with Gasteiger partial charge in [-0.15, -0.1) is 0 Å². The molecule has 1 aliphatic rings. The second-order valence-electron chi connectivity index (χ2n) is 18.7. The number of aliphatic hydroxyl groups is 1. The molecule has 0 aromatic heterocycles. The molecular weight excluding hydrogens is 927 g/mol. The highest BCUT2D eigenvalue weighted by molar-refractivity contribution is 6.01. The van der Waals surface area contributed by atoms with E-state index >= 15 is 4.79 Å². The second kappa shape index (κ2) is 27.3. The van der Waals surface area contributed by atoms with Gasteiger partial charge in [-0.05, 0) is 44.1 Å². The molecule has 0 spiro atoms. The van der Waals surface area contributed by atoms with Gasteiger partial charge in [0.05, 0.1) is 12.2 Å². The minimum absolute atomic E-state index is 0.0591. The normalized spacial score (nSPS) is 24.7. The van der Waals surface area contributed by atoms with Crippen molar-refractivity contribution in [3.05, 3.63) is 48.2 Å². The van der Waals surface area contributed by atoms with E-state index in [0.29, 0.717) is 5.56 Å². The van der Waals surface area contributed by atoms with Gasteiger partial charge in [0.25, 0.3) is 11.8 Å². The fraction of sp³-hybridized carbons (Fsp3) is 0.633. The molecule has 71 heavy (non-hydrogen) atoms. The highest BCUT2D eigenvalue weighted by atomic mass is 16.6. The summed E-state index contributed by atoms with van der Waals surface area (Å²) in [7, 11) is 4.88. The van der Waals surface area contributed by atoms with Gasteiger partial charge in [-0.3, -0.25) is 33.6 Å². The van der Waals surface area contributed by atoms with Crippen LogP contribution < -0.4 is 21.3 Å². The van der Waals surface area contributed by atoms with Crippen molar-refractivity contribution in [2.24, 2.45) is 17.8 Å². The van der Waals surface area contributed by atoms with Crippen molar-refractivity contribution in [3.63, 3.8) is 0 Å². The number of esters is 3. The third-order valence-electron chi connectivity index (χ3n) is 12.2. The van der Waals surface area contributed by atoms with Crippen LogP contribution in [0, 0.1) is 17.8 Å². The summed E-state index contributed by atoms with van der Waals surface area (Å²) >= 11 is 0. The van der Waals surface area contributed by atoms with E-state index in [0.717, 1.165) is 21.6 Å². The molecule has 0 radical (unpaired) electrons. The number of carbonyl (C=O) groups excluding carboxylic acids is 10. The predicted molar refractivity (Wildman–Crippen MR) is 257 cm³/mol. The number of rotatable bonds is 14. The van der Waals surface area contributed by atoms with Crippen molar-refractivity contribution in [2.45, 2.75) is 156 Å². The summed E-state index contributed by atoms with van der Waals surface area (Å²) in [5, 5.41) is 21.0. The predicted octanol–water partition coefficient (Wildman–Crippen LogP) is 0.377. The number of methoxy groups -OCH3 is 1. The van der Waals surface area contributed by atoms with Crippen LogP contribution >= 0.6 is 0 Å². The zero-order valence-corrected chi connectivity index (χ0v) is 43.6. The van der Waals surface area contributed by atoms with Crippen molar-refractivity contribution in [3.8, 4) is 0 Å². The van der Waals surface area contributed by atoms with E-state index in [4.69, 9.17) is 18.9 Å². The maximum Gasteiger partial charge on any atom is 0.333 e. The Bertz CT molecular complexity index is 2100. The van der Waals surface area contributed by atoms with Crippen LogP contribution in [0.1, 0.15) is 88.1 Å². The fourth-order valence-electron chi connectivity index (χ4n) is 7.47. The minimum atomic E-state index is -1.86. The molecule has 0 saturated carbocycles. The van der Waals surface area contributed by atoms with Gasteiger partial charge in [-0.2, -0.15) is 0 Å². The number of nitrogens with one attached hydrogen (secondary N) is 4. The lowest BCUT2D eigenvalue weighted by atomic mass is 9.95. The van der Waals surface area contributed by atoms with Gasteiger partial charge in [0.15, 0.2) is 24.2 Å². The third-order valence-corrected chi connectivity index (χ3v) is 12.2. The zero-order valence-electron chi connectivity index (χ0n) is 43.6. The smallest absolute Gasteiger partial charge is 0.333 e. The topological polar surface area (TPSA) is 286 Å². The molecule has 1 heterocycles. The van der Waals surface area contributed by atoms with Gasteiger partial charge in [0.2, 0.25) is 29.5 Å². The van der Waals surface area contributed by atoms with Gasteiger partial charge in [0, 0.05) is 48.0 Å². The molecule has 22 heteroatoms. The molecule has 22 nitrogen and oxygen atoms in total. The van der Waals surface area contributed by atoms with Crippen LogP contribution in [0.4, 0.5) is 0 Å². The lowest BCUT2D eigenvalue weighted by Gasteiger charge is -2.39. The Hall–Kier alpha value is -6.42. The highest BCUT2D eigenvalue weighted by Gasteiger charge is 2.47. The summed E-state index contributed by atoms with van der Waals surface area (Å²) in [6, 6.07) is -1.31. The Labute approximate surface area is 416 Å². The first-order chi connectivity index (χ1) is 33.0. The number of nitrogens with zero attached hydrogens (tertiary/aromatic N) is 3. The average Bonchev–Trinajstić information content (AvgIpc) is 3.32. The van der Waals surface area contributed by atoms with Crippen molar-refractivity contribution in [2.75, 3.05) is 28.3 Å². The van der Waals surface area contributed by atoms with Crippen LogP contribution in [0.5, 0.6) is 0 Å². The maximum absolute atomic E-state index is 15.1. The van der Waals surface area contributed by atoms with E-state index in [-0.39, 0.29) is 12.8 Å². The van der Waals surface area contributed by atoms with Crippen LogP contribution in [0.25, 0.3) is 0 Å². The first-order valence-corrected chi connectivity index (χ1v) is 23.6. The van der Waals surface area contributed by atoms with Crippen LogP contribution in [0.2, 0.25) is 0 Å². The van der Waals surface area contributed by atoms with Crippen LogP contribution in [0.15, 0.2) is 42.6 Å². The van der Waals surface area contributed by atoms with Gasteiger partial charge in [-0.1, -0.05) is 85.4 Å². The molecule has 1 saturated heterocycles. The molecule has 396 valence electrons. The highest BCUT2D eigenvalue weighted by Crippen LogP contribution is 2.23. The molecule has 11 atom stereocenters. The van der Waals surface area contributed by atoms with E-state index < -0.39 is 149 Å². The molecule has 7 amide bonds. The van der Waals surface area contributed by atoms with Gasteiger partial charge in [0.1, 0.15) is 36.0 Å². The number of cyclic esters (lactones) is 2. The van der Waals surface area contributed by atoms with Crippen LogP contribution in [-0.2, 0) is 73.3 Å². The Morgan fingerprint density at radius 2 is 1.42 bits per heavy atom. The second-order valence-corrected chi connectivity index (χ2v) is 18.7. The van der Waals surface area contributed by atoms with Crippen molar-refractivity contribution < 1.29 is 72.0 Å². The Kier molecular flexibility index (Phi) is 23.3. The SMILES string of the molecule is C=C1C(=O)N[C@@H](C)C(=O)N(C)[C@@H](C)C(=O)NC(C(OC(=O)[C@@H](NC(=O)CC)[C@H](O)C(C)C)C(C)C)C(=O)N(C)[C@@H]([C@H](C)OC)C(=O)O[C@H](C(C)C)[C@H](NC(C)=O)C(=O)O[C@H](Cc2ccccc2)C(=O)N1C. The summed E-state index contributed by atoms with van der Waals surface area (Å²) in [4.78, 5) is 142. The maximum atomic E-state index is 15.1. The van der Waals surface area contributed by atoms with E-state index in [1.807, 2.05) is 0 Å². The van der Waals surface area contributed by atoms with E-state index in [2.05, 4.69) is 27.8 Å². The van der Waals surface area contributed by atoms with Crippen molar-refractivity contribution in [1.29, 1.82) is 0 Å². The molecule has 1 aliphatic heterocycles. The minimum Gasteiger partial charge on any atom is -0.458 e. The standard InChI is InChI=1S/C49H75N7O15/c1-17-34(58)52-35(39(59)24(2)3)47(65)70-40(25(4)5)36-46(64)56(15)38(30(11)68-16)49(67)71-41(26(6)7)37(51-31(12)57)48(66)69-33(23-32-21-19-18-20-22-32)45(63)55(14)28(9)42(60)50-27(8)44(62)54(13)29(10)43(61)53-36/h18-22,24-27,29-30,33,35-41,59H,9,17,23H2,1-8,10-16H3,(H,50,60)(H,51,57)(H,52,58)(H,53,61)/t27-,29-,30-,33+,35-,36?,37-,38-,39+,40?,41+/m0/s1. The Morgan fingerprint density at radius 3 is 1.93 bits per heavy atom. The van der Waals surface area contributed by atoms with E-state index in [1.165, 1.54) is 55.9 Å².